The molecule has 0 N–H and O–H groups in total. The maximum absolute atomic E-state index is 10.7. The monoisotopic (exact) mass is 255 g/mol. The molecule has 2 rings (SSSR count). The molecule has 19 heavy (non-hydrogen) atoms. The second-order valence-corrected chi connectivity index (χ2v) is 4.65. The van der Waals surface area contributed by atoms with Gasteiger partial charge in [0.05, 0.1) is 12.2 Å². The molecule has 0 fully saturated rings. The van der Waals surface area contributed by atoms with Gasteiger partial charge in [-0.3, -0.25) is 9.78 Å². The van der Waals surface area contributed by atoms with Gasteiger partial charge in [-0.25, -0.2) is 4.98 Å². The van der Waals surface area contributed by atoms with Crippen molar-refractivity contribution in [1.82, 2.24) is 9.97 Å². The minimum atomic E-state index is 0.600. The van der Waals surface area contributed by atoms with Gasteiger partial charge < -0.3 is 4.90 Å². The predicted octanol–water partition coefficient (Wildman–Crippen LogP) is 2.54. The molecule has 0 saturated heterocycles. The Labute approximate surface area is 113 Å². The number of hydrogen-bond donors (Lipinski definition) is 0. The molecule has 0 aliphatic heterocycles. The second-order valence-electron chi connectivity index (χ2n) is 4.65. The Morgan fingerprint density at radius 1 is 1.32 bits per heavy atom. The van der Waals surface area contributed by atoms with Gasteiger partial charge in [-0.05, 0) is 37.6 Å². The van der Waals surface area contributed by atoms with E-state index in [-0.39, 0.29) is 0 Å². The molecule has 4 heteroatoms. The lowest BCUT2D eigenvalue weighted by molar-refractivity contribution is 0.112. The van der Waals surface area contributed by atoms with Gasteiger partial charge in [0.2, 0.25) is 0 Å². The highest BCUT2D eigenvalue weighted by atomic mass is 16.1. The van der Waals surface area contributed by atoms with Gasteiger partial charge in [0, 0.05) is 24.5 Å². The third-order valence-electron chi connectivity index (χ3n) is 2.91. The molecule has 0 unspecified atom stereocenters. The third-order valence-corrected chi connectivity index (χ3v) is 2.91. The molecule has 98 valence electrons. The van der Waals surface area contributed by atoms with Gasteiger partial charge in [-0.15, -0.1) is 0 Å². The van der Waals surface area contributed by atoms with Gasteiger partial charge in [-0.1, -0.05) is 6.07 Å². The van der Waals surface area contributed by atoms with Crippen molar-refractivity contribution in [1.29, 1.82) is 0 Å². The SMILES string of the molecule is Cc1cccc(CN(C)c2ncc(C=O)cc2C)n1. The van der Waals surface area contributed by atoms with E-state index in [2.05, 4.69) is 9.97 Å². The van der Waals surface area contributed by atoms with Crippen LogP contribution in [0.3, 0.4) is 0 Å². The van der Waals surface area contributed by atoms with E-state index in [1.54, 1.807) is 6.20 Å². The normalized spacial score (nSPS) is 10.3. The maximum atomic E-state index is 10.7. The number of pyridine rings is 2. The van der Waals surface area contributed by atoms with Gasteiger partial charge >= 0.3 is 0 Å². The van der Waals surface area contributed by atoms with Crippen molar-refractivity contribution in [2.75, 3.05) is 11.9 Å². The minimum absolute atomic E-state index is 0.600. The molecule has 0 atom stereocenters. The molecule has 4 nitrogen and oxygen atoms in total. The number of carbonyl (C=O) groups is 1. The molecule has 0 amide bonds. The minimum Gasteiger partial charge on any atom is -0.354 e. The van der Waals surface area contributed by atoms with E-state index in [4.69, 9.17) is 0 Å². The van der Waals surface area contributed by atoms with E-state index >= 15 is 0 Å². The van der Waals surface area contributed by atoms with Crippen molar-refractivity contribution in [2.45, 2.75) is 20.4 Å². The summed E-state index contributed by atoms with van der Waals surface area (Å²) in [6.45, 7) is 4.62. The number of hydrogen-bond acceptors (Lipinski definition) is 4. The predicted molar refractivity (Wildman–Crippen MR) is 75.4 cm³/mol. The Morgan fingerprint density at radius 3 is 2.74 bits per heavy atom. The highest BCUT2D eigenvalue weighted by molar-refractivity contribution is 5.75. The van der Waals surface area contributed by atoms with Gasteiger partial charge in [0.25, 0.3) is 0 Å². The summed E-state index contributed by atoms with van der Waals surface area (Å²) in [4.78, 5) is 21.5. The Morgan fingerprint density at radius 2 is 2.11 bits per heavy atom. The molecule has 0 aliphatic rings. The van der Waals surface area contributed by atoms with Crippen LogP contribution in [-0.2, 0) is 6.54 Å². The van der Waals surface area contributed by atoms with Crippen molar-refractivity contribution in [2.24, 2.45) is 0 Å². The quantitative estimate of drug-likeness (QED) is 0.788. The van der Waals surface area contributed by atoms with Gasteiger partial charge in [-0.2, -0.15) is 0 Å². The van der Waals surface area contributed by atoms with Crippen LogP contribution in [0.5, 0.6) is 0 Å². The summed E-state index contributed by atoms with van der Waals surface area (Å²) in [5.74, 6) is 0.869. The Balaban J connectivity index is 2.20. The summed E-state index contributed by atoms with van der Waals surface area (Å²) in [6.07, 6.45) is 2.40. The van der Waals surface area contributed by atoms with Crippen molar-refractivity contribution in [3.63, 3.8) is 0 Å². The smallest absolute Gasteiger partial charge is 0.151 e. The zero-order valence-corrected chi connectivity index (χ0v) is 11.4. The van der Waals surface area contributed by atoms with E-state index in [1.165, 1.54) is 0 Å². The van der Waals surface area contributed by atoms with Crippen LogP contribution in [0.4, 0.5) is 5.82 Å². The van der Waals surface area contributed by atoms with Crippen LogP contribution in [0.25, 0.3) is 0 Å². The third kappa shape index (κ3) is 3.16. The number of anilines is 1. The van der Waals surface area contributed by atoms with Crippen LogP contribution in [0.1, 0.15) is 27.3 Å². The molecule has 0 aromatic carbocycles. The van der Waals surface area contributed by atoms with E-state index in [0.717, 1.165) is 29.1 Å². The lowest BCUT2D eigenvalue weighted by atomic mass is 10.2. The largest absolute Gasteiger partial charge is 0.354 e. The highest BCUT2D eigenvalue weighted by Crippen LogP contribution is 2.17. The van der Waals surface area contributed by atoms with Crippen LogP contribution in [0, 0.1) is 13.8 Å². The number of rotatable bonds is 4. The number of aryl methyl sites for hydroxylation is 2. The molecular formula is C15H17N3O. The van der Waals surface area contributed by atoms with Crippen LogP contribution in [0.2, 0.25) is 0 Å². The average Bonchev–Trinajstić information content (AvgIpc) is 2.38. The van der Waals surface area contributed by atoms with Crippen LogP contribution in [0.15, 0.2) is 30.5 Å². The topological polar surface area (TPSA) is 46.1 Å². The summed E-state index contributed by atoms with van der Waals surface area (Å²) < 4.78 is 0. The fraction of sp³-hybridized carbons (Fsp3) is 0.267. The molecule has 0 radical (unpaired) electrons. The summed E-state index contributed by atoms with van der Waals surface area (Å²) >= 11 is 0. The molecule has 2 heterocycles. The van der Waals surface area contributed by atoms with E-state index in [9.17, 15) is 4.79 Å². The number of nitrogens with zero attached hydrogens (tertiary/aromatic N) is 3. The standard InChI is InChI=1S/C15H17N3O/c1-11-7-13(10-19)8-16-15(11)18(3)9-14-6-4-5-12(2)17-14/h4-8,10H,9H2,1-3H3. The van der Waals surface area contributed by atoms with Crippen LogP contribution in [-0.4, -0.2) is 23.3 Å². The number of aromatic nitrogens is 2. The Kier molecular flexibility index (Phi) is 3.90. The maximum Gasteiger partial charge on any atom is 0.151 e. The zero-order valence-electron chi connectivity index (χ0n) is 11.4. The van der Waals surface area contributed by atoms with E-state index in [0.29, 0.717) is 12.1 Å². The molecule has 0 saturated carbocycles. The first kappa shape index (κ1) is 13.2. The van der Waals surface area contributed by atoms with Crippen molar-refractivity contribution in [3.8, 4) is 0 Å². The summed E-state index contributed by atoms with van der Waals surface area (Å²) in [5, 5.41) is 0. The van der Waals surface area contributed by atoms with Crippen LogP contribution >= 0.6 is 0 Å². The fourth-order valence-electron chi connectivity index (χ4n) is 2.06. The molecule has 0 bridgehead atoms. The summed E-state index contributed by atoms with van der Waals surface area (Å²) in [5.41, 5.74) is 3.60. The van der Waals surface area contributed by atoms with Crippen molar-refractivity contribution >= 4 is 12.1 Å². The summed E-state index contributed by atoms with van der Waals surface area (Å²) in [7, 11) is 1.97. The Bertz CT molecular complexity index is 596. The molecular weight excluding hydrogens is 238 g/mol. The molecule has 0 spiro atoms. The molecule has 0 aliphatic carbocycles. The lowest BCUT2D eigenvalue weighted by Crippen LogP contribution is -2.19. The number of carbonyl (C=O) groups excluding carboxylic acids is 1. The first-order valence-corrected chi connectivity index (χ1v) is 6.15. The van der Waals surface area contributed by atoms with Gasteiger partial charge in [0.15, 0.2) is 6.29 Å². The highest BCUT2D eigenvalue weighted by Gasteiger charge is 2.08. The molecule has 2 aromatic heterocycles. The van der Waals surface area contributed by atoms with Crippen LogP contribution < -0.4 is 4.90 Å². The lowest BCUT2D eigenvalue weighted by Gasteiger charge is -2.20. The number of aldehydes is 1. The first-order chi connectivity index (χ1) is 9.10. The first-order valence-electron chi connectivity index (χ1n) is 6.15. The molecule has 2 aromatic rings. The van der Waals surface area contributed by atoms with Crippen molar-refractivity contribution < 1.29 is 4.79 Å². The van der Waals surface area contributed by atoms with Crippen molar-refractivity contribution in [3.05, 3.63) is 53.0 Å². The Hall–Kier alpha value is -2.23. The van der Waals surface area contributed by atoms with E-state index in [1.807, 2.05) is 50.1 Å². The summed E-state index contributed by atoms with van der Waals surface area (Å²) in [6, 6.07) is 7.82. The van der Waals surface area contributed by atoms with E-state index < -0.39 is 0 Å². The fourth-order valence-corrected chi connectivity index (χ4v) is 2.06. The second kappa shape index (κ2) is 5.61. The average molecular weight is 255 g/mol. The van der Waals surface area contributed by atoms with Gasteiger partial charge in [0.1, 0.15) is 5.82 Å². The zero-order chi connectivity index (χ0) is 13.8.